The lowest BCUT2D eigenvalue weighted by molar-refractivity contribution is -0.120. The molecule has 0 saturated heterocycles. The topological polar surface area (TPSA) is 140 Å². The molecule has 2 N–H and O–H groups in total. The van der Waals surface area contributed by atoms with E-state index in [-0.39, 0.29) is 33.0 Å². The predicted octanol–water partition coefficient (Wildman–Crippen LogP) is 3.35. The Morgan fingerprint density at radius 2 is 1.54 bits per heavy atom. The van der Waals surface area contributed by atoms with Crippen molar-refractivity contribution in [3.63, 3.8) is 0 Å². The molecule has 0 radical (unpaired) electrons. The molecule has 2 aromatic carbocycles. The number of methoxy groups -OCH3 is 2. The van der Waals surface area contributed by atoms with Gasteiger partial charge in [-0.15, -0.1) is 0 Å². The Hall–Kier alpha value is -4.16. The van der Waals surface area contributed by atoms with E-state index in [2.05, 4.69) is 20.0 Å². The van der Waals surface area contributed by atoms with Gasteiger partial charge in [0.25, 0.3) is 21.8 Å². The number of aryl methyl sites for hydroxylation is 2. The van der Waals surface area contributed by atoms with E-state index in [9.17, 15) is 18.0 Å². The van der Waals surface area contributed by atoms with Crippen molar-refractivity contribution in [1.29, 1.82) is 0 Å². The van der Waals surface area contributed by atoms with Gasteiger partial charge in [0.15, 0.2) is 0 Å². The first-order valence-electron chi connectivity index (χ1n) is 10.8. The highest BCUT2D eigenvalue weighted by Crippen LogP contribution is 2.37. The smallest absolute Gasteiger partial charge is 0.283 e. The van der Waals surface area contributed by atoms with Crippen molar-refractivity contribution in [3.8, 4) is 11.5 Å². The van der Waals surface area contributed by atoms with Gasteiger partial charge in [-0.25, -0.2) is 28.0 Å². The molecule has 3 aromatic rings. The van der Waals surface area contributed by atoms with E-state index in [0.717, 1.165) is 4.90 Å². The van der Waals surface area contributed by atoms with Gasteiger partial charge in [0.05, 0.1) is 24.8 Å². The highest BCUT2D eigenvalue weighted by Gasteiger charge is 2.40. The van der Waals surface area contributed by atoms with Crippen LogP contribution < -0.4 is 24.4 Å². The number of halogens is 1. The van der Waals surface area contributed by atoms with Gasteiger partial charge in [-0.3, -0.25) is 9.59 Å². The second-order valence-corrected chi connectivity index (χ2v) is 9.96. The Labute approximate surface area is 218 Å². The van der Waals surface area contributed by atoms with Crippen LogP contribution in [0.1, 0.15) is 11.4 Å². The summed E-state index contributed by atoms with van der Waals surface area (Å²) in [6, 6.07) is 11.9. The Morgan fingerprint density at radius 1 is 0.892 bits per heavy atom. The third-order valence-corrected chi connectivity index (χ3v) is 6.99. The van der Waals surface area contributed by atoms with Gasteiger partial charge in [0, 0.05) is 23.1 Å². The Morgan fingerprint density at radius 3 is 2.14 bits per heavy atom. The minimum atomic E-state index is -3.97. The van der Waals surface area contributed by atoms with Crippen LogP contribution in [-0.4, -0.2) is 44.4 Å². The number of hydrogen-bond acceptors (Lipinski definition) is 9. The molecule has 13 heteroatoms. The molecular weight excluding hydrogens is 522 g/mol. The van der Waals surface area contributed by atoms with Crippen LogP contribution in [-0.2, 0) is 19.6 Å². The average molecular weight is 544 g/mol. The van der Waals surface area contributed by atoms with E-state index in [1.807, 2.05) is 0 Å². The SMILES string of the molecule is COc1ccc(N2C(=O)C(Cl)=C(Nc3ccc(S(=O)(=O)Nc4nc(C)cc(C)n4)cc3)C2=O)c(OC)c1. The standard InChI is InChI=1S/C24H22ClN5O6S/c1-13-11-14(2)27-24(26-13)29-37(33,34)17-8-5-15(6-9-17)28-21-20(25)22(31)30(23(21)32)18-10-7-16(35-3)12-19(18)36-4/h5-12,28H,1-4H3,(H,26,27,29). The average Bonchev–Trinajstić information content (AvgIpc) is 3.06. The summed E-state index contributed by atoms with van der Waals surface area (Å²) in [5.74, 6) is -0.772. The van der Waals surface area contributed by atoms with Gasteiger partial charge in [-0.2, -0.15) is 0 Å². The van der Waals surface area contributed by atoms with E-state index in [0.29, 0.717) is 22.8 Å². The zero-order valence-electron chi connectivity index (χ0n) is 20.2. The van der Waals surface area contributed by atoms with E-state index in [1.165, 1.54) is 50.6 Å². The number of carbonyl (C=O) groups excluding carboxylic acids is 2. The van der Waals surface area contributed by atoms with E-state index < -0.39 is 21.8 Å². The van der Waals surface area contributed by atoms with Crippen molar-refractivity contribution in [2.75, 3.05) is 29.2 Å². The summed E-state index contributed by atoms with van der Waals surface area (Å²) in [5, 5.41) is 2.48. The number of nitrogens with zero attached hydrogens (tertiary/aromatic N) is 3. The van der Waals surface area contributed by atoms with E-state index in [1.54, 1.807) is 26.0 Å². The number of anilines is 3. The molecular formula is C24H22ClN5O6S. The first-order valence-corrected chi connectivity index (χ1v) is 12.6. The Kier molecular flexibility index (Phi) is 7.05. The highest BCUT2D eigenvalue weighted by molar-refractivity contribution is 7.92. The summed E-state index contributed by atoms with van der Waals surface area (Å²) in [5.41, 5.74) is 1.59. The summed E-state index contributed by atoms with van der Waals surface area (Å²) in [7, 11) is -1.10. The molecule has 37 heavy (non-hydrogen) atoms. The van der Waals surface area contributed by atoms with Crippen molar-refractivity contribution in [2.45, 2.75) is 18.7 Å². The molecule has 192 valence electrons. The molecule has 1 aliphatic heterocycles. The number of hydrogen-bond donors (Lipinski definition) is 2. The summed E-state index contributed by atoms with van der Waals surface area (Å²) >= 11 is 6.21. The minimum Gasteiger partial charge on any atom is -0.497 e. The zero-order chi connectivity index (χ0) is 26.9. The summed E-state index contributed by atoms with van der Waals surface area (Å²) in [6.45, 7) is 3.46. The monoisotopic (exact) mass is 543 g/mol. The lowest BCUT2D eigenvalue weighted by Crippen LogP contribution is -2.32. The number of carbonyl (C=O) groups is 2. The molecule has 4 rings (SSSR count). The number of benzene rings is 2. The van der Waals surface area contributed by atoms with E-state index in [4.69, 9.17) is 21.1 Å². The van der Waals surface area contributed by atoms with Gasteiger partial charge in [0.2, 0.25) is 5.95 Å². The van der Waals surface area contributed by atoms with Crippen LogP contribution in [0.5, 0.6) is 11.5 Å². The highest BCUT2D eigenvalue weighted by atomic mass is 35.5. The van der Waals surface area contributed by atoms with Gasteiger partial charge >= 0.3 is 0 Å². The molecule has 1 aromatic heterocycles. The molecule has 11 nitrogen and oxygen atoms in total. The van der Waals surface area contributed by atoms with Crippen LogP contribution in [0.2, 0.25) is 0 Å². The van der Waals surface area contributed by atoms with Crippen LogP contribution in [0.15, 0.2) is 64.2 Å². The summed E-state index contributed by atoms with van der Waals surface area (Å²) < 4.78 is 38.3. The molecule has 0 bridgehead atoms. The largest absolute Gasteiger partial charge is 0.497 e. The van der Waals surface area contributed by atoms with Crippen LogP contribution >= 0.6 is 11.6 Å². The molecule has 0 fully saturated rings. The second-order valence-electron chi connectivity index (χ2n) is 7.90. The van der Waals surface area contributed by atoms with Crippen molar-refractivity contribution >= 4 is 50.8 Å². The van der Waals surface area contributed by atoms with Gasteiger partial charge in [0.1, 0.15) is 22.2 Å². The minimum absolute atomic E-state index is 0.0410. The molecule has 1 aliphatic rings. The summed E-state index contributed by atoms with van der Waals surface area (Å²) in [4.78, 5) is 35.0. The number of sulfonamides is 1. The van der Waals surface area contributed by atoms with Crippen LogP contribution in [0, 0.1) is 13.8 Å². The molecule has 0 spiro atoms. The Bertz CT molecular complexity index is 1520. The van der Waals surface area contributed by atoms with Crippen molar-refractivity contribution in [3.05, 3.63) is 70.6 Å². The predicted molar refractivity (Wildman–Crippen MR) is 137 cm³/mol. The number of rotatable bonds is 8. The fraction of sp³-hybridized carbons (Fsp3) is 0.167. The number of aromatic nitrogens is 2. The fourth-order valence-corrected chi connectivity index (χ4v) is 4.77. The molecule has 0 atom stereocenters. The second kappa shape index (κ2) is 10.1. The van der Waals surface area contributed by atoms with Gasteiger partial charge in [-0.05, 0) is 56.3 Å². The number of nitrogens with one attached hydrogen (secondary N) is 2. The number of imide groups is 1. The third-order valence-electron chi connectivity index (χ3n) is 5.30. The number of amides is 2. The molecule has 2 heterocycles. The van der Waals surface area contributed by atoms with Crippen LogP contribution in [0.3, 0.4) is 0 Å². The quantitative estimate of drug-likeness (QED) is 0.409. The maximum Gasteiger partial charge on any atom is 0.283 e. The van der Waals surface area contributed by atoms with E-state index >= 15 is 0 Å². The molecule has 0 aliphatic carbocycles. The first-order chi connectivity index (χ1) is 17.5. The molecule has 2 amide bonds. The lowest BCUT2D eigenvalue weighted by atomic mass is 10.2. The maximum atomic E-state index is 13.1. The fourth-order valence-electron chi connectivity index (χ4n) is 3.61. The van der Waals surface area contributed by atoms with Crippen molar-refractivity contribution in [2.24, 2.45) is 0 Å². The summed E-state index contributed by atoms with van der Waals surface area (Å²) in [6.07, 6.45) is 0. The van der Waals surface area contributed by atoms with Crippen molar-refractivity contribution < 1.29 is 27.5 Å². The van der Waals surface area contributed by atoms with Gasteiger partial charge in [-0.1, -0.05) is 11.6 Å². The van der Waals surface area contributed by atoms with Crippen LogP contribution in [0.4, 0.5) is 17.3 Å². The normalized spacial score (nSPS) is 13.7. The maximum absolute atomic E-state index is 13.1. The zero-order valence-corrected chi connectivity index (χ0v) is 21.8. The lowest BCUT2D eigenvalue weighted by Gasteiger charge is -2.18. The molecule has 0 saturated carbocycles. The first kappa shape index (κ1) is 25.9. The van der Waals surface area contributed by atoms with Crippen molar-refractivity contribution in [1.82, 2.24) is 9.97 Å². The number of ether oxygens (including phenoxy) is 2. The van der Waals surface area contributed by atoms with Gasteiger partial charge < -0.3 is 14.8 Å². The van der Waals surface area contributed by atoms with Crippen LogP contribution in [0.25, 0.3) is 0 Å². The molecule has 0 unspecified atom stereocenters. The third kappa shape index (κ3) is 5.20. The Balaban J connectivity index is 1.54.